The number of likely N-dealkylation sites (tertiary alicyclic amines) is 2. The lowest BCUT2D eigenvalue weighted by Crippen LogP contribution is -2.55. The fraction of sp³-hybridized carbons (Fsp3) is 0.762. The van der Waals surface area contributed by atoms with E-state index in [4.69, 9.17) is 4.74 Å². The van der Waals surface area contributed by atoms with E-state index in [9.17, 15) is 9.59 Å². The van der Waals surface area contributed by atoms with E-state index in [-0.39, 0.29) is 17.2 Å². The van der Waals surface area contributed by atoms with Gasteiger partial charge in [0.05, 0.1) is 6.33 Å². The summed E-state index contributed by atoms with van der Waals surface area (Å²) in [5.41, 5.74) is -0.441. The highest BCUT2D eigenvalue weighted by atomic mass is 16.5. The third-order valence-electron chi connectivity index (χ3n) is 6.93. The molecule has 0 N–H and O–H groups in total. The van der Waals surface area contributed by atoms with Gasteiger partial charge in [-0.1, -0.05) is 0 Å². The predicted octanol–water partition coefficient (Wildman–Crippen LogP) is 2.07. The summed E-state index contributed by atoms with van der Waals surface area (Å²) in [6.45, 7) is 6.73. The zero-order chi connectivity index (χ0) is 19.6. The van der Waals surface area contributed by atoms with Crippen molar-refractivity contribution in [2.24, 2.45) is 5.41 Å². The Bertz CT molecular complexity index is 689. The number of rotatable bonds is 5. The van der Waals surface area contributed by atoms with Gasteiger partial charge in [-0.2, -0.15) is 0 Å². The zero-order valence-corrected chi connectivity index (χ0v) is 16.9. The van der Waals surface area contributed by atoms with E-state index in [1.54, 1.807) is 6.20 Å². The van der Waals surface area contributed by atoms with Crippen LogP contribution in [-0.2, 0) is 20.9 Å². The largest absolute Gasteiger partial charge is 0.365 e. The first-order chi connectivity index (χ1) is 13.5. The molecule has 1 atom stereocenters. The van der Waals surface area contributed by atoms with Crippen molar-refractivity contribution >= 4 is 11.8 Å². The van der Waals surface area contributed by atoms with Crippen LogP contribution in [0.5, 0.6) is 0 Å². The summed E-state index contributed by atoms with van der Waals surface area (Å²) in [5.74, 6) is 0.436. The minimum absolute atomic E-state index is 0.156. The smallest absolute Gasteiger partial charge is 0.254 e. The molecule has 1 aromatic heterocycles. The van der Waals surface area contributed by atoms with Gasteiger partial charge in [-0.05, 0) is 50.9 Å². The van der Waals surface area contributed by atoms with Crippen molar-refractivity contribution in [3.8, 4) is 0 Å². The van der Waals surface area contributed by atoms with Crippen molar-refractivity contribution in [2.75, 3.05) is 32.8 Å². The molecular weight excluding hydrogens is 356 g/mol. The Labute approximate surface area is 167 Å². The molecule has 1 unspecified atom stereocenters. The average molecular weight is 389 g/mol. The van der Waals surface area contributed by atoms with Gasteiger partial charge in [0.25, 0.3) is 5.91 Å². The van der Waals surface area contributed by atoms with Crippen molar-refractivity contribution in [1.82, 2.24) is 19.4 Å². The molecule has 3 saturated heterocycles. The first kappa shape index (κ1) is 19.4. The van der Waals surface area contributed by atoms with Crippen molar-refractivity contribution in [3.05, 3.63) is 18.7 Å². The lowest BCUT2D eigenvalue weighted by atomic mass is 9.72. The molecule has 4 heterocycles. The number of hydrogen-bond acceptors (Lipinski definition) is 4. The number of carbonyl (C=O) groups excluding carboxylic acids is 2. The topological polar surface area (TPSA) is 67.7 Å². The van der Waals surface area contributed by atoms with Crippen molar-refractivity contribution in [2.45, 2.75) is 64.0 Å². The molecule has 0 bridgehead atoms. The number of amides is 2. The fourth-order valence-corrected chi connectivity index (χ4v) is 5.04. The van der Waals surface area contributed by atoms with Crippen LogP contribution in [0.4, 0.5) is 0 Å². The minimum Gasteiger partial charge on any atom is -0.365 e. The van der Waals surface area contributed by atoms with Crippen LogP contribution in [0.2, 0.25) is 0 Å². The zero-order valence-electron chi connectivity index (χ0n) is 16.9. The van der Waals surface area contributed by atoms with Gasteiger partial charge in [0.15, 0.2) is 0 Å². The Morgan fingerprint density at radius 1 is 1.21 bits per heavy atom. The highest BCUT2D eigenvalue weighted by molar-refractivity contribution is 5.85. The Balaban J connectivity index is 1.30. The van der Waals surface area contributed by atoms with E-state index >= 15 is 0 Å². The van der Waals surface area contributed by atoms with Gasteiger partial charge in [-0.3, -0.25) is 9.59 Å². The summed E-state index contributed by atoms with van der Waals surface area (Å²) >= 11 is 0. The second kappa shape index (κ2) is 7.85. The Morgan fingerprint density at radius 3 is 2.71 bits per heavy atom. The van der Waals surface area contributed by atoms with Gasteiger partial charge in [-0.25, -0.2) is 4.98 Å². The Hall–Kier alpha value is -1.89. The molecule has 3 aliphatic rings. The van der Waals surface area contributed by atoms with E-state index in [2.05, 4.69) is 14.5 Å². The van der Waals surface area contributed by atoms with Gasteiger partial charge < -0.3 is 19.1 Å². The predicted molar refractivity (Wildman–Crippen MR) is 104 cm³/mol. The molecule has 1 spiro atoms. The van der Waals surface area contributed by atoms with Crippen molar-refractivity contribution in [1.29, 1.82) is 0 Å². The maximum absolute atomic E-state index is 12.9. The van der Waals surface area contributed by atoms with E-state index in [0.29, 0.717) is 13.0 Å². The van der Waals surface area contributed by atoms with Crippen LogP contribution in [-0.4, -0.2) is 69.6 Å². The lowest BCUT2D eigenvalue weighted by molar-refractivity contribution is -0.155. The maximum Gasteiger partial charge on any atom is 0.254 e. The summed E-state index contributed by atoms with van der Waals surface area (Å²) < 4.78 is 7.80. The van der Waals surface area contributed by atoms with Crippen molar-refractivity contribution in [3.63, 3.8) is 0 Å². The number of piperidine rings is 2. The third-order valence-corrected chi connectivity index (χ3v) is 6.93. The molecule has 0 aliphatic carbocycles. The standard InChI is InChI=1S/C21H32N4O3/c1-20(5-2-15-28-20)19(27)24-12-7-21(8-13-24)6-4-18(26)25(16-21)11-3-10-23-14-9-22-17-23/h9,14,17H,2-8,10-13,15-16H2,1H3. The van der Waals surface area contributed by atoms with Crippen molar-refractivity contribution < 1.29 is 14.3 Å². The summed E-state index contributed by atoms with van der Waals surface area (Å²) in [7, 11) is 0. The van der Waals surface area contributed by atoms with Crippen LogP contribution >= 0.6 is 0 Å². The fourth-order valence-electron chi connectivity index (χ4n) is 5.04. The molecular formula is C21H32N4O3. The molecule has 1 aromatic rings. The monoisotopic (exact) mass is 388 g/mol. The number of carbonyl (C=O) groups is 2. The van der Waals surface area contributed by atoms with Gasteiger partial charge in [0.2, 0.25) is 5.91 Å². The molecule has 0 saturated carbocycles. The Kier molecular flexibility index (Phi) is 5.45. The van der Waals surface area contributed by atoms with Gasteiger partial charge >= 0.3 is 0 Å². The second-order valence-electron chi connectivity index (χ2n) is 8.94. The van der Waals surface area contributed by atoms with E-state index in [1.807, 2.05) is 24.3 Å². The van der Waals surface area contributed by atoms with Crippen LogP contribution < -0.4 is 0 Å². The highest BCUT2D eigenvalue weighted by Gasteiger charge is 2.45. The summed E-state index contributed by atoms with van der Waals surface area (Å²) in [4.78, 5) is 33.4. The average Bonchev–Trinajstić information content (AvgIpc) is 3.37. The van der Waals surface area contributed by atoms with Crippen LogP contribution in [0.3, 0.4) is 0 Å². The molecule has 3 aliphatic heterocycles. The molecule has 7 heteroatoms. The number of aromatic nitrogens is 2. The van der Waals surface area contributed by atoms with Gasteiger partial charge in [-0.15, -0.1) is 0 Å². The molecule has 7 nitrogen and oxygen atoms in total. The van der Waals surface area contributed by atoms with Gasteiger partial charge in [0.1, 0.15) is 5.60 Å². The molecule has 2 amide bonds. The summed E-state index contributed by atoms with van der Waals surface area (Å²) in [6.07, 6.45) is 11.9. The van der Waals surface area contributed by atoms with Crippen LogP contribution in [0, 0.1) is 5.41 Å². The quantitative estimate of drug-likeness (QED) is 0.774. The molecule has 4 rings (SSSR count). The van der Waals surface area contributed by atoms with E-state index in [0.717, 1.165) is 71.2 Å². The van der Waals surface area contributed by atoms with E-state index in [1.165, 1.54) is 0 Å². The maximum atomic E-state index is 12.9. The van der Waals surface area contributed by atoms with Crippen LogP contribution in [0.25, 0.3) is 0 Å². The first-order valence-corrected chi connectivity index (χ1v) is 10.7. The number of aryl methyl sites for hydroxylation is 1. The number of imidazole rings is 1. The minimum atomic E-state index is -0.619. The second-order valence-corrected chi connectivity index (χ2v) is 8.94. The summed E-state index contributed by atoms with van der Waals surface area (Å²) in [5, 5.41) is 0. The number of nitrogens with zero attached hydrogens (tertiary/aromatic N) is 4. The van der Waals surface area contributed by atoms with Crippen LogP contribution in [0.15, 0.2) is 18.7 Å². The Morgan fingerprint density at radius 2 is 2.04 bits per heavy atom. The molecule has 28 heavy (non-hydrogen) atoms. The van der Waals surface area contributed by atoms with Crippen LogP contribution in [0.1, 0.15) is 51.9 Å². The summed E-state index contributed by atoms with van der Waals surface area (Å²) in [6, 6.07) is 0. The first-order valence-electron chi connectivity index (χ1n) is 10.7. The third kappa shape index (κ3) is 3.95. The number of hydrogen-bond donors (Lipinski definition) is 0. The van der Waals surface area contributed by atoms with E-state index < -0.39 is 5.60 Å². The molecule has 0 aromatic carbocycles. The lowest BCUT2D eigenvalue weighted by Gasteiger charge is -2.48. The normalized spacial score (nSPS) is 27.5. The highest BCUT2D eigenvalue weighted by Crippen LogP contribution is 2.41. The molecule has 154 valence electrons. The van der Waals surface area contributed by atoms with Gasteiger partial charge in [0, 0.05) is 58.1 Å². The molecule has 3 fully saturated rings. The molecule has 0 radical (unpaired) electrons. The number of ether oxygens (including phenoxy) is 1. The SMILES string of the molecule is CC1(C(=O)N2CCC3(CCC(=O)N(CCCn4ccnc4)C3)CC2)CCCO1.